The molecule has 3 aliphatic rings. The largest absolute Gasteiger partial charge is 0.444 e. The predicted molar refractivity (Wildman–Crippen MR) is 114 cm³/mol. The Bertz CT molecular complexity index is 699. The van der Waals surface area contributed by atoms with Crippen LogP contribution in [-0.2, 0) is 16.6 Å². The summed E-state index contributed by atoms with van der Waals surface area (Å²) in [5.41, 5.74) is 3.43. The van der Waals surface area contributed by atoms with Crippen LogP contribution in [0, 0.1) is 11.8 Å². The van der Waals surface area contributed by atoms with Gasteiger partial charge in [-0.15, -0.1) is 0 Å². The number of nitrogens with zero attached hydrogens (tertiary/aromatic N) is 1. The Kier molecular flexibility index (Phi) is 5.46. The zero-order valence-corrected chi connectivity index (χ0v) is 18.0. The number of piperidine rings is 1. The molecule has 2 aliphatic carbocycles. The first kappa shape index (κ1) is 19.8. The molecular formula is C25H37NO2. The van der Waals surface area contributed by atoms with E-state index < -0.39 is 5.60 Å². The summed E-state index contributed by atoms with van der Waals surface area (Å²) < 4.78 is 5.51. The molecule has 28 heavy (non-hydrogen) atoms. The molecule has 2 atom stereocenters. The number of hydrogen-bond acceptors (Lipinski definition) is 2. The molecule has 0 N–H and O–H groups in total. The highest BCUT2D eigenvalue weighted by atomic mass is 16.6. The van der Waals surface area contributed by atoms with E-state index >= 15 is 0 Å². The first-order valence-electron chi connectivity index (χ1n) is 11.4. The number of amides is 1. The van der Waals surface area contributed by atoms with Crippen molar-refractivity contribution in [2.75, 3.05) is 13.1 Å². The third-order valence-corrected chi connectivity index (χ3v) is 7.29. The van der Waals surface area contributed by atoms with E-state index in [1.165, 1.54) is 44.9 Å². The van der Waals surface area contributed by atoms with Gasteiger partial charge in [0.1, 0.15) is 5.60 Å². The van der Waals surface area contributed by atoms with Crippen molar-refractivity contribution < 1.29 is 9.53 Å². The molecule has 1 spiro atoms. The van der Waals surface area contributed by atoms with Crippen molar-refractivity contribution in [1.29, 1.82) is 0 Å². The van der Waals surface area contributed by atoms with Gasteiger partial charge < -0.3 is 9.64 Å². The van der Waals surface area contributed by atoms with Crippen molar-refractivity contribution in [1.82, 2.24) is 4.90 Å². The minimum absolute atomic E-state index is 0.137. The van der Waals surface area contributed by atoms with Gasteiger partial charge in [-0.25, -0.2) is 4.79 Å². The summed E-state index contributed by atoms with van der Waals surface area (Å²) in [7, 11) is 0. The van der Waals surface area contributed by atoms with E-state index in [1.54, 1.807) is 11.1 Å². The number of ether oxygens (including phenoxy) is 1. The average Bonchev–Trinajstić information content (AvgIpc) is 3.34. The van der Waals surface area contributed by atoms with Gasteiger partial charge in [-0.2, -0.15) is 0 Å². The van der Waals surface area contributed by atoms with Gasteiger partial charge in [0, 0.05) is 13.1 Å². The van der Waals surface area contributed by atoms with Gasteiger partial charge in [-0.1, -0.05) is 37.1 Å². The molecule has 1 saturated heterocycles. The van der Waals surface area contributed by atoms with E-state index in [2.05, 4.69) is 24.3 Å². The van der Waals surface area contributed by atoms with Crippen LogP contribution >= 0.6 is 0 Å². The fourth-order valence-corrected chi connectivity index (χ4v) is 5.73. The fourth-order valence-electron chi connectivity index (χ4n) is 5.73. The van der Waals surface area contributed by atoms with Crippen LogP contribution in [0.1, 0.15) is 83.3 Å². The maximum Gasteiger partial charge on any atom is 0.410 e. The summed E-state index contributed by atoms with van der Waals surface area (Å²) in [6.07, 6.45) is 11.7. The molecule has 1 aromatic carbocycles. The summed E-state index contributed by atoms with van der Waals surface area (Å²) in [6, 6.07) is 9.20. The highest BCUT2D eigenvalue weighted by Crippen LogP contribution is 2.62. The van der Waals surface area contributed by atoms with Gasteiger partial charge in [-0.05, 0) is 94.1 Å². The number of likely N-dealkylation sites (tertiary alicyclic amines) is 1. The summed E-state index contributed by atoms with van der Waals surface area (Å²) in [5, 5.41) is 0. The molecule has 1 aromatic rings. The second kappa shape index (κ2) is 7.72. The third kappa shape index (κ3) is 4.23. The Morgan fingerprint density at radius 2 is 1.93 bits per heavy atom. The first-order chi connectivity index (χ1) is 13.4. The maximum atomic E-state index is 12.2. The van der Waals surface area contributed by atoms with E-state index in [-0.39, 0.29) is 6.09 Å². The molecule has 0 bridgehead atoms. The average molecular weight is 384 g/mol. The first-order valence-corrected chi connectivity index (χ1v) is 11.4. The predicted octanol–water partition coefficient (Wildman–Crippen LogP) is 6.10. The normalized spacial score (nSPS) is 27.5. The zero-order chi connectivity index (χ0) is 19.8. The molecule has 1 aliphatic heterocycles. The number of benzene rings is 1. The molecule has 4 rings (SSSR count). The van der Waals surface area contributed by atoms with Crippen LogP contribution in [0.25, 0.3) is 0 Å². The quantitative estimate of drug-likeness (QED) is 0.629. The minimum atomic E-state index is -0.397. The smallest absolute Gasteiger partial charge is 0.410 e. The summed E-state index contributed by atoms with van der Waals surface area (Å²) in [5.74, 6) is 1.70. The van der Waals surface area contributed by atoms with E-state index in [0.717, 1.165) is 37.8 Å². The molecule has 0 aromatic heterocycles. The number of carbonyl (C=O) groups is 1. The highest BCUT2D eigenvalue weighted by Gasteiger charge is 2.55. The summed E-state index contributed by atoms with van der Waals surface area (Å²) in [4.78, 5) is 14.1. The van der Waals surface area contributed by atoms with Crippen molar-refractivity contribution in [3.63, 3.8) is 0 Å². The molecule has 0 radical (unpaired) electrons. The zero-order valence-electron chi connectivity index (χ0n) is 18.0. The SMILES string of the molecule is CC(C)(C)OC(=O)N1CCC(CCCC2CC23CCCc2ccccc23)CC1. The van der Waals surface area contributed by atoms with Crippen LogP contribution in [0.3, 0.4) is 0 Å². The Labute approximate surface area is 170 Å². The van der Waals surface area contributed by atoms with Crippen molar-refractivity contribution in [2.45, 2.75) is 89.6 Å². The van der Waals surface area contributed by atoms with Crippen LogP contribution in [0.15, 0.2) is 24.3 Å². The second-order valence-electron chi connectivity index (χ2n) is 10.4. The molecular weight excluding hydrogens is 346 g/mol. The van der Waals surface area contributed by atoms with Crippen LogP contribution < -0.4 is 0 Å². The van der Waals surface area contributed by atoms with Crippen LogP contribution in [0.2, 0.25) is 0 Å². The van der Waals surface area contributed by atoms with Gasteiger partial charge in [0.2, 0.25) is 0 Å². The number of fused-ring (bicyclic) bond motifs is 2. The second-order valence-corrected chi connectivity index (χ2v) is 10.4. The van der Waals surface area contributed by atoms with Crippen LogP contribution in [-0.4, -0.2) is 29.7 Å². The highest BCUT2D eigenvalue weighted by molar-refractivity contribution is 5.68. The van der Waals surface area contributed by atoms with Gasteiger partial charge in [0.05, 0.1) is 0 Å². The molecule has 3 heteroatoms. The molecule has 2 fully saturated rings. The number of rotatable bonds is 4. The van der Waals surface area contributed by atoms with Crippen molar-refractivity contribution in [2.24, 2.45) is 11.8 Å². The summed E-state index contributed by atoms with van der Waals surface area (Å²) >= 11 is 0. The van der Waals surface area contributed by atoms with Crippen molar-refractivity contribution >= 4 is 6.09 Å². The lowest BCUT2D eigenvalue weighted by Crippen LogP contribution is -2.41. The van der Waals surface area contributed by atoms with E-state index in [1.807, 2.05) is 25.7 Å². The van der Waals surface area contributed by atoms with Gasteiger partial charge in [-0.3, -0.25) is 0 Å². The lowest BCUT2D eigenvalue weighted by Gasteiger charge is -2.33. The monoisotopic (exact) mass is 383 g/mol. The van der Waals surface area contributed by atoms with E-state index in [0.29, 0.717) is 5.41 Å². The maximum absolute atomic E-state index is 12.2. The Morgan fingerprint density at radius 3 is 2.68 bits per heavy atom. The summed E-state index contributed by atoms with van der Waals surface area (Å²) in [6.45, 7) is 7.54. The number of aryl methyl sites for hydroxylation is 1. The van der Waals surface area contributed by atoms with E-state index in [4.69, 9.17) is 4.74 Å². The topological polar surface area (TPSA) is 29.5 Å². The Morgan fingerprint density at radius 1 is 1.18 bits per heavy atom. The Balaban J connectivity index is 1.20. The minimum Gasteiger partial charge on any atom is -0.444 e. The lowest BCUT2D eigenvalue weighted by molar-refractivity contribution is 0.0180. The molecule has 3 nitrogen and oxygen atoms in total. The molecule has 2 unspecified atom stereocenters. The molecule has 1 amide bonds. The van der Waals surface area contributed by atoms with Crippen molar-refractivity contribution in [3.8, 4) is 0 Å². The lowest BCUT2D eigenvalue weighted by atomic mass is 9.78. The molecule has 1 heterocycles. The van der Waals surface area contributed by atoms with E-state index in [9.17, 15) is 4.79 Å². The van der Waals surface area contributed by atoms with Gasteiger partial charge in [0.15, 0.2) is 0 Å². The van der Waals surface area contributed by atoms with Crippen LogP contribution in [0.4, 0.5) is 4.79 Å². The molecule has 154 valence electrons. The number of hydrogen-bond donors (Lipinski definition) is 0. The van der Waals surface area contributed by atoms with Gasteiger partial charge in [0.25, 0.3) is 0 Å². The fraction of sp³-hybridized carbons (Fsp3) is 0.720. The number of carbonyl (C=O) groups excluding carboxylic acids is 1. The van der Waals surface area contributed by atoms with Gasteiger partial charge >= 0.3 is 6.09 Å². The molecule has 1 saturated carbocycles. The van der Waals surface area contributed by atoms with Crippen LogP contribution in [0.5, 0.6) is 0 Å². The standard InChI is InChI=1S/C25H37NO2/c1-24(2,3)28-23(27)26-16-13-19(14-17-26)8-6-11-21-18-25(21)15-7-10-20-9-4-5-12-22(20)25/h4-5,9,12,19,21H,6-8,10-11,13-18H2,1-3H3. The van der Waals surface area contributed by atoms with Crippen molar-refractivity contribution in [3.05, 3.63) is 35.4 Å². The third-order valence-electron chi connectivity index (χ3n) is 7.29. The Hall–Kier alpha value is -1.51.